The first-order valence-corrected chi connectivity index (χ1v) is 7.84. The molecule has 0 heterocycles. The molecule has 0 spiro atoms. The molecule has 1 aliphatic rings. The van der Waals surface area contributed by atoms with Crippen molar-refractivity contribution in [1.82, 2.24) is 4.72 Å². The van der Waals surface area contributed by atoms with Crippen molar-refractivity contribution in [3.05, 3.63) is 35.4 Å². The highest BCUT2D eigenvalue weighted by molar-refractivity contribution is 7.97. The first kappa shape index (κ1) is 13.3. The maximum absolute atomic E-state index is 11.5. The van der Waals surface area contributed by atoms with Crippen LogP contribution in [0.2, 0.25) is 0 Å². The zero-order chi connectivity index (χ0) is 12.2. The SMILES string of the molecule is C=S(C)(=O)NC1Cc2ccccc2C1.CC. The largest absolute Gasteiger partial charge is 0.253 e. The van der Waals surface area contributed by atoms with Gasteiger partial charge in [0.1, 0.15) is 0 Å². The van der Waals surface area contributed by atoms with Gasteiger partial charge in [0.15, 0.2) is 0 Å². The molecule has 2 rings (SSSR count). The summed E-state index contributed by atoms with van der Waals surface area (Å²) in [6, 6.07) is 8.67. The van der Waals surface area contributed by atoms with Crippen molar-refractivity contribution in [2.24, 2.45) is 0 Å². The van der Waals surface area contributed by atoms with Gasteiger partial charge in [-0.1, -0.05) is 38.1 Å². The summed E-state index contributed by atoms with van der Waals surface area (Å²) in [5.74, 6) is 3.61. The van der Waals surface area contributed by atoms with Crippen LogP contribution < -0.4 is 4.72 Å². The van der Waals surface area contributed by atoms with Gasteiger partial charge >= 0.3 is 0 Å². The zero-order valence-electron chi connectivity index (χ0n) is 10.3. The molecule has 0 aromatic heterocycles. The van der Waals surface area contributed by atoms with Gasteiger partial charge in [-0.25, -0.2) is 4.72 Å². The predicted octanol–water partition coefficient (Wildman–Crippen LogP) is 2.03. The van der Waals surface area contributed by atoms with Crippen molar-refractivity contribution in [3.8, 4) is 0 Å². The Morgan fingerprint density at radius 2 is 1.69 bits per heavy atom. The van der Waals surface area contributed by atoms with E-state index in [0.717, 1.165) is 12.8 Å². The van der Waals surface area contributed by atoms with E-state index in [9.17, 15) is 4.21 Å². The van der Waals surface area contributed by atoms with Crippen molar-refractivity contribution >= 4 is 15.6 Å². The highest BCUT2D eigenvalue weighted by Gasteiger charge is 2.21. The molecule has 1 N–H and O–H groups in total. The van der Waals surface area contributed by atoms with E-state index in [0.29, 0.717) is 6.04 Å². The van der Waals surface area contributed by atoms with Crippen LogP contribution in [0.5, 0.6) is 0 Å². The molecule has 1 aliphatic carbocycles. The molecule has 16 heavy (non-hydrogen) atoms. The molecule has 2 nitrogen and oxygen atoms in total. The van der Waals surface area contributed by atoms with Crippen molar-refractivity contribution < 1.29 is 4.21 Å². The Morgan fingerprint density at radius 1 is 1.25 bits per heavy atom. The number of benzene rings is 1. The Hall–Kier alpha value is -0.800. The summed E-state index contributed by atoms with van der Waals surface area (Å²) in [6.07, 6.45) is 3.59. The van der Waals surface area contributed by atoms with Gasteiger partial charge in [-0.2, -0.15) is 0 Å². The zero-order valence-corrected chi connectivity index (χ0v) is 11.1. The molecule has 1 aromatic rings. The van der Waals surface area contributed by atoms with Crippen LogP contribution in [0.3, 0.4) is 0 Å². The second kappa shape index (κ2) is 5.51. The minimum atomic E-state index is -2.08. The van der Waals surface area contributed by atoms with Crippen LogP contribution in [0.25, 0.3) is 0 Å². The number of hydrogen-bond donors (Lipinski definition) is 1. The van der Waals surface area contributed by atoms with Crippen LogP contribution in [0.4, 0.5) is 0 Å². The maximum Gasteiger partial charge on any atom is 0.0269 e. The lowest BCUT2D eigenvalue weighted by Crippen LogP contribution is -2.34. The summed E-state index contributed by atoms with van der Waals surface area (Å²) in [7, 11) is -2.08. The topological polar surface area (TPSA) is 29.1 Å². The van der Waals surface area contributed by atoms with Gasteiger partial charge in [0.05, 0.1) is 0 Å². The lowest BCUT2D eigenvalue weighted by atomic mass is 10.1. The summed E-state index contributed by atoms with van der Waals surface area (Å²) in [5, 5.41) is 0. The third-order valence-electron chi connectivity index (χ3n) is 2.47. The summed E-state index contributed by atoms with van der Waals surface area (Å²) < 4.78 is 14.6. The van der Waals surface area contributed by atoms with Gasteiger partial charge in [0.25, 0.3) is 0 Å². The summed E-state index contributed by atoms with van der Waals surface area (Å²) in [6.45, 7) is 4.00. The van der Waals surface area contributed by atoms with E-state index in [-0.39, 0.29) is 0 Å². The van der Waals surface area contributed by atoms with Gasteiger partial charge in [-0.05, 0) is 29.8 Å². The van der Waals surface area contributed by atoms with Crippen LogP contribution in [0, 0.1) is 0 Å². The molecule has 0 saturated heterocycles. The molecule has 0 bridgehead atoms. The quantitative estimate of drug-likeness (QED) is 0.786. The van der Waals surface area contributed by atoms with Gasteiger partial charge in [0.2, 0.25) is 0 Å². The molecular formula is C13H21NOS. The van der Waals surface area contributed by atoms with E-state index >= 15 is 0 Å². The smallest absolute Gasteiger partial charge is 0.0269 e. The monoisotopic (exact) mass is 239 g/mol. The Labute approximate surface area is 99.2 Å². The molecule has 0 saturated carbocycles. The van der Waals surface area contributed by atoms with E-state index in [1.165, 1.54) is 11.1 Å². The highest BCUT2D eigenvalue weighted by atomic mass is 32.2. The summed E-state index contributed by atoms with van der Waals surface area (Å²) in [5.41, 5.74) is 2.74. The number of nitrogens with one attached hydrogen (secondary N) is 1. The Kier molecular flexibility index (Phi) is 4.56. The second-order valence-electron chi connectivity index (χ2n) is 4.00. The fourth-order valence-corrected chi connectivity index (χ4v) is 2.87. The van der Waals surface area contributed by atoms with E-state index in [4.69, 9.17) is 0 Å². The average molecular weight is 239 g/mol. The Morgan fingerprint density at radius 3 is 2.06 bits per heavy atom. The van der Waals surface area contributed by atoms with Gasteiger partial charge < -0.3 is 0 Å². The fourth-order valence-electron chi connectivity index (χ4n) is 1.99. The molecule has 0 fully saturated rings. The second-order valence-corrected chi connectivity index (χ2v) is 6.24. The maximum atomic E-state index is 11.5. The van der Waals surface area contributed by atoms with Crippen molar-refractivity contribution in [2.45, 2.75) is 32.7 Å². The molecule has 3 heteroatoms. The first-order valence-electron chi connectivity index (χ1n) is 5.71. The first-order chi connectivity index (χ1) is 7.54. The molecule has 1 atom stereocenters. The molecular weight excluding hydrogens is 218 g/mol. The van der Waals surface area contributed by atoms with Crippen molar-refractivity contribution in [2.75, 3.05) is 6.26 Å². The highest BCUT2D eigenvalue weighted by Crippen LogP contribution is 2.21. The van der Waals surface area contributed by atoms with Gasteiger partial charge in [-0.3, -0.25) is 4.21 Å². The molecule has 0 aliphatic heterocycles. The van der Waals surface area contributed by atoms with E-state index in [2.05, 4.69) is 34.9 Å². The van der Waals surface area contributed by atoms with E-state index in [1.807, 2.05) is 13.8 Å². The minimum Gasteiger partial charge on any atom is -0.253 e. The number of hydrogen-bond acceptors (Lipinski definition) is 1. The summed E-state index contributed by atoms with van der Waals surface area (Å²) >= 11 is 0. The van der Waals surface area contributed by atoms with Crippen LogP contribution in [-0.2, 0) is 22.5 Å². The molecule has 0 radical (unpaired) electrons. The van der Waals surface area contributed by atoms with Crippen LogP contribution in [-0.4, -0.2) is 22.4 Å². The fraction of sp³-hybridized carbons (Fsp3) is 0.462. The molecule has 1 aromatic carbocycles. The molecule has 0 amide bonds. The predicted molar refractivity (Wildman–Crippen MR) is 73.3 cm³/mol. The normalized spacial score (nSPS) is 18.2. The summed E-state index contributed by atoms with van der Waals surface area (Å²) in [4.78, 5) is 0. The Balaban J connectivity index is 0.000000606. The van der Waals surface area contributed by atoms with Crippen molar-refractivity contribution in [1.29, 1.82) is 0 Å². The molecule has 90 valence electrons. The Bertz CT molecular complexity index is 412. The average Bonchev–Trinajstić information content (AvgIpc) is 2.59. The third-order valence-corrected chi connectivity index (χ3v) is 3.30. The number of fused-ring (bicyclic) bond motifs is 1. The van der Waals surface area contributed by atoms with Gasteiger partial charge in [0, 0.05) is 22.0 Å². The van der Waals surface area contributed by atoms with Crippen LogP contribution >= 0.6 is 0 Å². The minimum absolute atomic E-state index is 0.294. The molecule has 1 unspecified atom stereocenters. The van der Waals surface area contributed by atoms with Crippen LogP contribution in [0.15, 0.2) is 24.3 Å². The third kappa shape index (κ3) is 3.65. The number of rotatable bonds is 2. The van der Waals surface area contributed by atoms with Gasteiger partial charge in [-0.15, -0.1) is 0 Å². The lowest BCUT2D eigenvalue weighted by Gasteiger charge is -2.12. The van der Waals surface area contributed by atoms with E-state index < -0.39 is 9.71 Å². The standard InChI is InChI=1S/C11H15NOS.C2H6/c1-14(2,13)12-11-7-9-5-3-4-6-10(9)8-11;1-2/h3-6,11H,1,7-8H2,2H3,(H,12,13);1-2H3. The lowest BCUT2D eigenvalue weighted by molar-refractivity contribution is 0.626. The van der Waals surface area contributed by atoms with Crippen molar-refractivity contribution in [3.63, 3.8) is 0 Å². The van der Waals surface area contributed by atoms with E-state index in [1.54, 1.807) is 6.26 Å². The van der Waals surface area contributed by atoms with Crippen LogP contribution in [0.1, 0.15) is 25.0 Å².